The average molecular weight is 200 g/mol. The van der Waals surface area contributed by atoms with Crippen molar-refractivity contribution in [2.75, 3.05) is 13.1 Å². The van der Waals surface area contributed by atoms with E-state index in [0.29, 0.717) is 5.92 Å². The van der Waals surface area contributed by atoms with Crippen molar-refractivity contribution in [2.45, 2.75) is 19.3 Å². The molecule has 0 spiro atoms. The Balaban J connectivity index is 2.18. The fourth-order valence-corrected chi connectivity index (χ4v) is 2.22. The van der Waals surface area contributed by atoms with Gasteiger partial charge in [0.05, 0.1) is 6.07 Å². The zero-order valence-corrected chi connectivity index (χ0v) is 8.87. The van der Waals surface area contributed by atoms with E-state index in [2.05, 4.69) is 29.6 Å². The third kappa shape index (κ3) is 2.37. The molecule has 15 heavy (non-hydrogen) atoms. The van der Waals surface area contributed by atoms with E-state index in [1.165, 1.54) is 5.57 Å². The zero-order chi connectivity index (χ0) is 10.5. The van der Waals surface area contributed by atoms with Crippen LogP contribution in [0.15, 0.2) is 35.5 Å². The van der Waals surface area contributed by atoms with Crippen molar-refractivity contribution in [3.63, 3.8) is 0 Å². The number of rotatable bonds is 1. The van der Waals surface area contributed by atoms with Gasteiger partial charge in [0.15, 0.2) is 0 Å². The SMILES string of the molecule is N#CC(=C1CCNCC1)C1C=CC=CC1. The topological polar surface area (TPSA) is 35.8 Å². The van der Waals surface area contributed by atoms with Crippen LogP contribution in [-0.4, -0.2) is 13.1 Å². The minimum Gasteiger partial charge on any atom is -0.316 e. The molecule has 1 heterocycles. The summed E-state index contributed by atoms with van der Waals surface area (Å²) in [5, 5.41) is 12.6. The number of piperidine rings is 1. The molecule has 78 valence electrons. The average Bonchev–Trinajstić information content (AvgIpc) is 2.33. The lowest BCUT2D eigenvalue weighted by Crippen LogP contribution is -2.24. The fourth-order valence-electron chi connectivity index (χ4n) is 2.22. The first-order valence-electron chi connectivity index (χ1n) is 5.58. The monoisotopic (exact) mass is 200 g/mol. The quantitative estimate of drug-likeness (QED) is 0.659. The second-order valence-corrected chi connectivity index (χ2v) is 4.03. The van der Waals surface area contributed by atoms with Crippen molar-refractivity contribution in [3.05, 3.63) is 35.5 Å². The highest BCUT2D eigenvalue weighted by molar-refractivity contribution is 5.36. The van der Waals surface area contributed by atoms with Gasteiger partial charge in [0.2, 0.25) is 0 Å². The Kier molecular flexibility index (Phi) is 3.37. The maximum atomic E-state index is 9.24. The van der Waals surface area contributed by atoms with Crippen LogP contribution in [-0.2, 0) is 0 Å². The summed E-state index contributed by atoms with van der Waals surface area (Å²) in [5.41, 5.74) is 2.37. The van der Waals surface area contributed by atoms with Crippen molar-refractivity contribution < 1.29 is 0 Å². The van der Waals surface area contributed by atoms with Crippen molar-refractivity contribution in [1.29, 1.82) is 5.26 Å². The van der Waals surface area contributed by atoms with Gasteiger partial charge in [-0.15, -0.1) is 0 Å². The smallest absolute Gasteiger partial charge is 0.0953 e. The van der Waals surface area contributed by atoms with Crippen LogP contribution in [0.25, 0.3) is 0 Å². The number of nitriles is 1. The number of allylic oxidation sites excluding steroid dienone is 5. The lowest BCUT2D eigenvalue weighted by Gasteiger charge is -2.21. The Morgan fingerprint density at radius 3 is 2.73 bits per heavy atom. The molecule has 2 aliphatic rings. The van der Waals surface area contributed by atoms with E-state index in [0.717, 1.165) is 37.9 Å². The molecule has 0 aromatic heterocycles. The Hall–Kier alpha value is -1.33. The summed E-state index contributed by atoms with van der Waals surface area (Å²) < 4.78 is 0. The van der Waals surface area contributed by atoms with Crippen LogP contribution in [0.4, 0.5) is 0 Å². The van der Waals surface area contributed by atoms with Crippen molar-refractivity contribution in [1.82, 2.24) is 5.32 Å². The van der Waals surface area contributed by atoms with Gasteiger partial charge < -0.3 is 5.32 Å². The molecule has 0 bridgehead atoms. The first-order valence-corrected chi connectivity index (χ1v) is 5.58. The number of nitrogens with zero attached hydrogens (tertiary/aromatic N) is 1. The van der Waals surface area contributed by atoms with Gasteiger partial charge in [-0.3, -0.25) is 0 Å². The molecule has 1 N–H and O–H groups in total. The van der Waals surface area contributed by atoms with Gasteiger partial charge in [0, 0.05) is 11.5 Å². The zero-order valence-electron chi connectivity index (χ0n) is 8.87. The lowest BCUT2D eigenvalue weighted by atomic mass is 9.87. The summed E-state index contributed by atoms with van der Waals surface area (Å²) in [4.78, 5) is 0. The highest BCUT2D eigenvalue weighted by Crippen LogP contribution is 2.26. The predicted molar refractivity (Wildman–Crippen MR) is 61.1 cm³/mol. The molecule has 0 amide bonds. The van der Waals surface area contributed by atoms with E-state index in [1.54, 1.807) is 0 Å². The lowest BCUT2D eigenvalue weighted by molar-refractivity contribution is 0.596. The molecule has 1 unspecified atom stereocenters. The van der Waals surface area contributed by atoms with Gasteiger partial charge in [-0.05, 0) is 32.4 Å². The second kappa shape index (κ2) is 4.95. The summed E-state index contributed by atoms with van der Waals surface area (Å²) in [6.07, 6.45) is 11.5. The van der Waals surface area contributed by atoms with Crippen LogP contribution in [0.1, 0.15) is 19.3 Å². The summed E-state index contributed by atoms with van der Waals surface area (Å²) >= 11 is 0. The molecule has 0 radical (unpaired) electrons. The Morgan fingerprint density at radius 1 is 1.33 bits per heavy atom. The van der Waals surface area contributed by atoms with Gasteiger partial charge in [-0.1, -0.05) is 29.9 Å². The van der Waals surface area contributed by atoms with Gasteiger partial charge >= 0.3 is 0 Å². The number of hydrogen-bond donors (Lipinski definition) is 1. The van der Waals surface area contributed by atoms with Gasteiger partial charge in [-0.2, -0.15) is 5.26 Å². The highest BCUT2D eigenvalue weighted by atomic mass is 14.9. The minimum atomic E-state index is 0.327. The number of hydrogen-bond acceptors (Lipinski definition) is 2. The Morgan fingerprint density at radius 2 is 2.13 bits per heavy atom. The minimum absolute atomic E-state index is 0.327. The second-order valence-electron chi connectivity index (χ2n) is 4.03. The van der Waals surface area contributed by atoms with Gasteiger partial charge in [0.1, 0.15) is 0 Å². The Labute approximate surface area is 91.0 Å². The third-order valence-corrected chi connectivity index (χ3v) is 3.06. The van der Waals surface area contributed by atoms with Gasteiger partial charge in [-0.25, -0.2) is 0 Å². The molecule has 2 heteroatoms. The molecule has 1 saturated heterocycles. The highest BCUT2D eigenvalue weighted by Gasteiger charge is 2.17. The van der Waals surface area contributed by atoms with Crippen LogP contribution in [0, 0.1) is 17.2 Å². The van der Waals surface area contributed by atoms with Crippen LogP contribution in [0.5, 0.6) is 0 Å². The van der Waals surface area contributed by atoms with E-state index in [-0.39, 0.29) is 0 Å². The maximum absolute atomic E-state index is 9.24. The van der Waals surface area contributed by atoms with Crippen LogP contribution in [0.2, 0.25) is 0 Å². The first kappa shape index (κ1) is 10.2. The third-order valence-electron chi connectivity index (χ3n) is 3.06. The van der Waals surface area contributed by atoms with Crippen LogP contribution >= 0.6 is 0 Å². The number of nitrogens with one attached hydrogen (secondary N) is 1. The first-order chi connectivity index (χ1) is 7.42. The fraction of sp³-hybridized carbons (Fsp3) is 0.462. The van der Waals surface area contributed by atoms with Crippen molar-refractivity contribution >= 4 is 0 Å². The van der Waals surface area contributed by atoms with Crippen molar-refractivity contribution in [3.8, 4) is 6.07 Å². The largest absolute Gasteiger partial charge is 0.316 e. The Bertz CT molecular complexity index is 347. The van der Waals surface area contributed by atoms with E-state index in [4.69, 9.17) is 0 Å². The summed E-state index contributed by atoms with van der Waals surface area (Å²) in [7, 11) is 0. The van der Waals surface area contributed by atoms with Gasteiger partial charge in [0.25, 0.3) is 0 Å². The van der Waals surface area contributed by atoms with Crippen molar-refractivity contribution in [2.24, 2.45) is 5.92 Å². The summed E-state index contributed by atoms with van der Waals surface area (Å²) in [6, 6.07) is 2.41. The summed E-state index contributed by atoms with van der Waals surface area (Å²) in [6.45, 7) is 2.04. The molecule has 1 aliphatic heterocycles. The normalized spacial score (nSPS) is 25.0. The molecule has 0 saturated carbocycles. The van der Waals surface area contributed by atoms with Crippen LogP contribution < -0.4 is 5.32 Å². The predicted octanol–water partition coefficient (Wildman–Crippen LogP) is 2.32. The van der Waals surface area contributed by atoms with E-state index < -0.39 is 0 Å². The van der Waals surface area contributed by atoms with Crippen LogP contribution in [0.3, 0.4) is 0 Å². The molecule has 1 atom stereocenters. The standard InChI is InChI=1S/C13H16N2/c14-10-13(11-4-2-1-3-5-11)12-6-8-15-9-7-12/h1-4,11,15H,5-9H2. The molecular formula is C13H16N2. The molecular weight excluding hydrogens is 184 g/mol. The molecule has 1 fully saturated rings. The van der Waals surface area contributed by atoms with E-state index in [9.17, 15) is 5.26 Å². The molecule has 2 rings (SSSR count). The molecule has 1 aliphatic carbocycles. The van der Waals surface area contributed by atoms with E-state index in [1.807, 2.05) is 6.08 Å². The summed E-state index contributed by atoms with van der Waals surface area (Å²) in [5.74, 6) is 0.327. The molecule has 0 aromatic rings. The maximum Gasteiger partial charge on any atom is 0.0953 e. The van der Waals surface area contributed by atoms with E-state index >= 15 is 0 Å². The molecule has 2 nitrogen and oxygen atoms in total. The molecule has 0 aromatic carbocycles.